The van der Waals surface area contributed by atoms with E-state index < -0.39 is 5.97 Å². The number of carbonyl (C=O) groups is 3. The van der Waals surface area contributed by atoms with Gasteiger partial charge in [-0.2, -0.15) is 0 Å². The highest BCUT2D eigenvalue weighted by molar-refractivity contribution is 7.12. The molecule has 2 aromatic rings. The van der Waals surface area contributed by atoms with Crippen molar-refractivity contribution in [2.75, 3.05) is 11.9 Å². The van der Waals surface area contributed by atoms with Crippen LogP contribution in [0.1, 0.15) is 46.2 Å². The molecule has 1 aromatic carbocycles. The van der Waals surface area contributed by atoms with Gasteiger partial charge in [0.25, 0.3) is 0 Å². The number of hydrogen-bond acceptors (Lipinski definition) is 5. The number of benzene rings is 1. The van der Waals surface area contributed by atoms with E-state index in [1.165, 1.54) is 11.3 Å². The zero-order valence-electron chi connectivity index (χ0n) is 13.4. The van der Waals surface area contributed by atoms with Crippen LogP contribution in [-0.2, 0) is 9.53 Å². The third-order valence-corrected chi connectivity index (χ3v) is 4.11. The molecule has 6 heteroatoms. The van der Waals surface area contributed by atoms with Crippen LogP contribution in [0.4, 0.5) is 5.69 Å². The minimum Gasteiger partial charge on any atom is -0.462 e. The molecule has 0 bridgehead atoms. The molecular formula is C18H19NO4S. The summed E-state index contributed by atoms with van der Waals surface area (Å²) >= 11 is 1.37. The van der Waals surface area contributed by atoms with Crippen molar-refractivity contribution in [2.24, 2.45) is 0 Å². The maximum atomic E-state index is 12.0. The first-order valence-electron chi connectivity index (χ1n) is 7.74. The summed E-state index contributed by atoms with van der Waals surface area (Å²) in [5, 5.41) is 4.53. The Kier molecular flexibility index (Phi) is 6.69. The third-order valence-electron chi connectivity index (χ3n) is 3.19. The number of ketones is 1. The maximum Gasteiger partial charge on any atom is 0.338 e. The molecule has 1 aromatic heterocycles. The Morgan fingerprint density at radius 3 is 2.67 bits per heavy atom. The molecule has 0 aliphatic carbocycles. The number of rotatable bonds is 8. The van der Waals surface area contributed by atoms with E-state index in [2.05, 4.69) is 5.32 Å². The standard InChI is InChI=1S/C18H19NO4S/c1-2-10-23-18(22)13-5-3-6-14(12-13)19-17(21)9-8-15(20)16-7-4-11-24-16/h3-7,11-12H,2,8-10H2,1H3,(H,19,21). The van der Waals surface area contributed by atoms with Crippen LogP contribution in [0.3, 0.4) is 0 Å². The highest BCUT2D eigenvalue weighted by Crippen LogP contribution is 2.15. The summed E-state index contributed by atoms with van der Waals surface area (Å²) in [5.74, 6) is -0.725. The molecule has 0 fully saturated rings. The number of ether oxygens (including phenoxy) is 1. The lowest BCUT2D eigenvalue weighted by molar-refractivity contribution is -0.116. The fourth-order valence-electron chi connectivity index (χ4n) is 2.01. The molecule has 0 unspecified atom stereocenters. The molecule has 0 aliphatic rings. The molecule has 0 atom stereocenters. The van der Waals surface area contributed by atoms with Crippen molar-refractivity contribution in [1.82, 2.24) is 0 Å². The van der Waals surface area contributed by atoms with E-state index in [9.17, 15) is 14.4 Å². The van der Waals surface area contributed by atoms with E-state index in [1.54, 1.807) is 36.4 Å². The van der Waals surface area contributed by atoms with Gasteiger partial charge in [-0.1, -0.05) is 19.1 Å². The van der Waals surface area contributed by atoms with Gasteiger partial charge in [-0.3, -0.25) is 9.59 Å². The first kappa shape index (κ1) is 17.9. The molecule has 0 saturated heterocycles. The van der Waals surface area contributed by atoms with Gasteiger partial charge in [-0.05, 0) is 36.1 Å². The average Bonchev–Trinajstić information content (AvgIpc) is 3.12. The van der Waals surface area contributed by atoms with Gasteiger partial charge in [0.05, 0.1) is 17.0 Å². The maximum absolute atomic E-state index is 12.0. The van der Waals surface area contributed by atoms with Crippen molar-refractivity contribution in [3.8, 4) is 0 Å². The predicted octanol–water partition coefficient (Wildman–Crippen LogP) is 3.92. The van der Waals surface area contributed by atoms with Crippen LogP contribution < -0.4 is 5.32 Å². The summed E-state index contributed by atoms with van der Waals surface area (Å²) in [6, 6.07) is 10.1. The van der Waals surface area contributed by atoms with E-state index in [4.69, 9.17) is 4.74 Å². The fourth-order valence-corrected chi connectivity index (χ4v) is 2.71. The number of thiophene rings is 1. The van der Waals surface area contributed by atoms with E-state index >= 15 is 0 Å². The number of anilines is 1. The molecule has 1 N–H and O–H groups in total. The molecule has 24 heavy (non-hydrogen) atoms. The number of amides is 1. The molecule has 0 radical (unpaired) electrons. The second-order valence-corrected chi connectivity index (χ2v) is 6.11. The van der Waals surface area contributed by atoms with Crippen molar-refractivity contribution in [3.63, 3.8) is 0 Å². The minimum atomic E-state index is -0.416. The van der Waals surface area contributed by atoms with Crippen molar-refractivity contribution in [1.29, 1.82) is 0 Å². The van der Waals surface area contributed by atoms with Gasteiger partial charge in [0.2, 0.25) is 5.91 Å². The Labute approximate surface area is 144 Å². The van der Waals surface area contributed by atoms with E-state index in [0.29, 0.717) is 22.7 Å². The first-order chi connectivity index (χ1) is 11.6. The summed E-state index contributed by atoms with van der Waals surface area (Å²) in [6.45, 7) is 2.28. The predicted molar refractivity (Wildman–Crippen MR) is 93.5 cm³/mol. The van der Waals surface area contributed by atoms with E-state index in [1.807, 2.05) is 12.3 Å². The Bertz CT molecular complexity index is 710. The SMILES string of the molecule is CCCOC(=O)c1cccc(NC(=O)CCC(=O)c2cccs2)c1. The quantitative estimate of drug-likeness (QED) is 0.581. The number of carbonyl (C=O) groups excluding carboxylic acids is 3. The van der Waals surface area contributed by atoms with Crippen LogP contribution >= 0.6 is 11.3 Å². The molecule has 1 heterocycles. The van der Waals surface area contributed by atoms with Gasteiger partial charge < -0.3 is 10.1 Å². The Morgan fingerprint density at radius 1 is 1.12 bits per heavy atom. The molecule has 0 spiro atoms. The minimum absolute atomic E-state index is 0.0444. The number of esters is 1. The van der Waals surface area contributed by atoms with E-state index in [0.717, 1.165) is 6.42 Å². The lowest BCUT2D eigenvalue weighted by atomic mass is 10.1. The molecule has 5 nitrogen and oxygen atoms in total. The smallest absolute Gasteiger partial charge is 0.338 e. The zero-order chi connectivity index (χ0) is 17.4. The Morgan fingerprint density at radius 2 is 1.96 bits per heavy atom. The summed E-state index contributed by atoms with van der Waals surface area (Å²) in [7, 11) is 0. The summed E-state index contributed by atoms with van der Waals surface area (Å²) < 4.78 is 5.06. The lowest BCUT2D eigenvalue weighted by Crippen LogP contribution is -2.14. The molecule has 2 rings (SSSR count). The van der Waals surface area contributed by atoms with Crippen LogP contribution in [0.5, 0.6) is 0 Å². The second-order valence-electron chi connectivity index (χ2n) is 5.17. The summed E-state index contributed by atoms with van der Waals surface area (Å²) in [6.07, 6.45) is 1.01. The van der Waals surface area contributed by atoms with Crippen LogP contribution in [-0.4, -0.2) is 24.3 Å². The van der Waals surface area contributed by atoms with Crippen molar-refractivity contribution >= 4 is 34.7 Å². The van der Waals surface area contributed by atoms with Gasteiger partial charge >= 0.3 is 5.97 Å². The monoisotopic (exact) mass is 345 g/mol. The van der Waals surface area contributed by atoms with Crippen LogP contribution in [0.15, 0.2) is 41.8 Å². The molecule has 0 aliphatic heterocycles. The van der Waals surface area contributed by atoms with Gasteiger partial charge in [-0.25, -0.2) is 4.79 Å². The second kappa shape index (κ2) is 8.98. The van der Waals surface area contributed by atoms with Gasteiger partial charge in [0, 0.05) is 18.5 Å². The molecule has 1 amide bonds. The average molecular weight is 345 g/mol. The summed E-state index contributed by atoms with van der Waals surface area (Å²) in [5.41, 5.74) is 0.894. The first-order valence-corrected chi connectivity index (χ1v) is 8.62. The van der Waals surface area contributed by atoms with Crippen LogP contribution in [0.2, 0.25) is 0 Å². The van der Waals surface area contributed by atoms with Gasteiger partial charge in [0.15, 0.2) is 5.78 Å². The van der Waals surface area contributed by atoms with Gasteiger partial charge in [0.1, 0.15) is 0 Å². The molecule has 0 saturated carbocycles. The van der Waals surface area contributed by atoms with Crippen LogP contribution in [0.25, 0.3) is 0 Å². The van der Waals surface area contributed by atoms with Crippen LogP contribution in [0, 0.1) is 0 Å². The highest BCUT2D eigenvalue weighted by atomic mass is 32.1. The van der Waals surface area contributed by atoms with Gasteiger partial charge in [-0.15, -0.1) is 11.3 Å². The topological polar surface area (TPSA) is 72.5 Å². The molecular weight excluding hydrogens is 326 g/mol. The van der Waals surface area contributed by atoms with Crippen molar-refractivity contribution < 1.29 is 19.1 Å². The highest BCUT2D eigenvalue weighted by Gasteiger charge is 2.12. The number of hydrogen-bond donors (Lipinski definition) is 1. The Hall–Kier alpha value is -2.47. The largest absolute Gasteiger partial charge is 0.462 e. The molecule has 126 valence electrons. The lowest BCUT2D eigenvalue weighted by Gasteiger charge is -2.07. The summed E-state index contributed by atoms with van der Waals surface area (Å²) in [4.78, 5) is 36.3. The number of nitrogens with one attached hydrogen (secondary N) is 1. The fraction of sp³-hybridized carbons (Fsp3) is 0.278. The normalized spacial score (nSPS) is 10.2. The number of Topliss-reactive ketones (excluding diaryl/α,β-unsaturated/α-hetero) is 1. The Balaban J connectivity index is 1.87. The third kappa shape index (κ3) is 5.31. The van der Waals surface area contributed by atoms with E-state index in [-0.39, 0.29) is 24.5 Å². The van der Waals surface area contributed by atoms with Crippen molar-refractivity contribution in [2.45, 2.75) is 26.2 Å². The zero-order valence-corrected chi connectivity index (χ0v) is 14.2. The van der Waals surface area contributed by atoms with Crippen molar-refractivity contribution in [3.05, 3.63) is 52.2 Å².